The van der Waals surface area contributed by atoms with Crippen LogP contribution in [0.15, 0.2) is 16.9 Å². The second-order valence-corrected chi connectivity index (χ2v) is 6.82. The van der Waals surface area contributed by atoms with Crippen LogP contribution in [0.4, 0.5) is 0 Å². The molecule has 2 aromatic heterocycles. The third kappa shape index (κ3) is 3.19. The lowest BCUT2D eigenvalue weighted by atomic mass is 10.2. The SMILES string of the molecule is CC(O[C@H]1CCCCO1)c1nc2cnc(Br)cc2n1C(C)C. The van der Waals surface area contributed by atoms with Crippen LogP contribution in [-0.2, 0) is 9.47 Å². The summed E-state index contributed by atoms with van der Waals surface area (Å²) in [6.45, 7) is 7.14. The van der Waals surface area contributed by atoms with Crippen LogP contribution in [0, 0.1) is 0 Å². The minimum absolute atomic E-state index is 0.114. The van der Waals surface area contributed by atoms with E-state index in [-0.39, 0.29) is 12.4 Å². The van der Waals surface area contributed by atoms with Crippen LogP contribution in [0.1, 0.15) is 58.0 Å². The molecule has 2 aromatic rings. The van der Waals surface area contributed by atoms with Crippen molar-refractivity contribution in [3.63, 3.8) is 0 Å². The summed E-state index contributed by atoms with van der Waals surface area (Å²) in [4.78, 5) is 9.01. The van der Waals surface area contributed by atoms with Crippen molar-refractivity contribution >= 4 is 27.0 Å². The Bertz CT molecular complexity index is 650. The maximum atomic E-state index is 6.09. The molecule has 5 nitrogen and oxygen atoms in total. The number of pyridine rings is 1. The molecule has 6 heteroatoms. The molecule has 1 unspecified atom stereocenters. The number of halogens is 1. The van der Waals surface area contributed by atoms with Gasteiger partial charge >= 0.3 is 0 Å². The predicted molar refractivity (Wildman–Crippen MR) is 88.7 cm³/mol. The van der Waals surface area contributed by atoms with Gasteiger partial charge < -0.3 is 14.0 Å². The molecule has 1 saturated heterocycles. The highest BCUT2D eigenvalue weighted by Crippen LogP contribution is 2.29. The molecule has 0 radical (unpaired) electrons. The van der Waals surface area contributed by atoms with Gasteiger partial charge in [-0.05, 0) is 62.0 Å². The number of aromatic nitrogens is 3. The highest BCUT2D eigenvalue weighted by molar-refractivity contribution is 9.10. The lowest BCUT2D eigenvalue weighted by Crippen LogP contribution is -2.25. The molecule has 0 N–H and O–H groups in total. The highest BCUT2D eigenvalue weighted by Gasteiger charge is 2.24. The van der Waals surface area contributed by atoms with E-state index < -0.39 is 0 Å². The summed E-state index contributed by atoms with van der Waals surface area (Å²) < 4.78 is 14.8. The monoisotopic (exact) mass is 367 g/mol. The third-order valence-electron chi connectivity index (χ3n) is 3.94. The zero-order valence-electron chi connectivity index (χ0n) is 13.3. The highest BCUT2D eigenvalue weighted by atomic mass is 79.9. The summed E-state index contributed by atoms with van der Waals surface area (Å²) in [5, 5.41) is 0. The first kappa shape index (κ1) is 15.9. The van der Waals surface area contributed by atoms with Gasteiger partial charge in [-0.2, -0.15) is 0 Å². The van der Waals surface area contributed by atoms with Crippen molar-refractivity contribution in [3.8, 4) is 0 Å². The number of nitrogens with zero attached hydrogens (tertiary/aromatic N) is 3. The van der Waals surface area contributed by atoms with Crippen molar-refractivity contribution in [1.82, 2.24) is 14.5 Å². The van der Waals surface area contributed by atoms with Gasteiger partial charge in [0.2, 0.25) is 0 Å². The van der Waals surface area contributed by atoms with Crippen LogP contribution in [0.25, 0.3) is 11.0 Å². The average Bonchev–Trinajstić information content (AvgIpc) is 2.87. The van der Waals surface area contributed by atoms with Crippen LogP contribution in [0.5, 0.6) is 0 Å². The molecule has 1 aliphatic rings. The second kappa shape index (κ2) is 6.64. The molecule has 0 saturated carbocycles. The van der Waals surface area contributed by atoms with E-state index in [1.54, 1.807) is 6.20 Å². The van der Waals surface area contributed by atoms with Gasteiger partial charge in [-0.15, -0.1) is 0 Å². The summed E-state index contributed by atoms with van der Waals surface area (Å²) in [7, 11) is 0. The van der Waals surface area contributed by atoms with Crippen molar-refractivity contribution in [1.29, 1.82) is 0 Å². The molecule has 0 spiro atoms. The molecule has 0 bridgehead atoms. The van der Waals surface area contributed by atoms with E-state index in [4.69, 9.17) is 14.5 Å². The summed E-state index contributed by atoms with van der Waals surface area (Å²) in [5.41, 5.74) is 1.97. The van der Waals surface area contributed by atoms with E-state index in [9.17, 15) is 0 Å². The topological polar surface area (TPSA) is 49.2 Å². The predicted octanol–water partition coefficient (Wildman–Crippen LogP) is 4.38. The van der Waals surface area contributed by atoms with Crippen molar-refractivity contribution in [3.05, 3.63) is 22.7 Å². The minimum atomic E-state index is -0.117. The number of imidazole rings is 1. The number of hydrogen-bond donors (Lipinski definition) is 0. The van der Waals surface area contributed by atoms with Crippen molar-refractivity contribution < 1.29 is 9.47 Å². The van der Waals surface area contributed by atoms with Gasteiger partial charge in [-0.25, -0.2) is 9.97 Å². The van der Waals surface area contributed by atoms with Crippen LogP contribution in [0.3, 0.4) is 0 Å². The molecule has 0 amide bonds. The average molecular weight is 368 g/mol. The summed E-state index contributed by atoms with van der Waals surface area (Å²) >= 11 is 3.44. The van der Waals surface area contributed by atoms with Crippen LogP contribution < -0.4 is 0 Å². The molecule has 0 aromatic carbocycles. The molecule has 0 aliphatic carbocycles. The van der Waals surface area contributed by atoms with E-state index in [1.165, 1.54) is 0 Å². The molecular weight excluding hydrogens is 346 g/mol. The second-order valence-electron chi connectivity index (χ2n) is 6.00. The summed E-state index contributed by atoms with van der Waals surface area (Å²) in [5.74, 6) is 0.930. The first-order chi connectivity index (χ1) is 10.6. The van der Waals surface area contributed by atoms with Gasteiger partial charge in [-0.1, -0.05) is 0 Å². The molecular formula is C16H22BrN3O2. The molecule has 120 valence electrons. The Hall–Kier alpha value is -0.980. The van der Waals surface area contributed by atoms with Gasteiger partial charge in [-0.3, -0.25) is 0 Å². The third-order valence-corrected chi connectivity index (χ3v) is 4.38. The van der Waals surface area contributed by atoms with E-state index in [2.05, 4.69) is 39.3 Å². The molecule has 2 atom stereocenters. The van der Waals surface area contributed by atoms with E-state index in [0.29, 0.717) is 6.04 Å². The number of fused-ring (bicyclic) bond motifs is 1. The summed E-state index contributed by atoms with van der Waals surface area (Å²) in [6.07, 6.45) is 4.81. The standard InChI is InChI=1S/C16H22BrN3O2/c1-10(2)20-13-8-14(17)18-9-12(13)19-16(20)11(3)22-15-6-4-5-7-21-15/h8-11,15H,4-7H2,1-3H3/t11?,15-/m0/s1. The molecule has 22 heavy (non-hydrogen) atoms. The van der Waals surface area contributed by atoms with Crippen LogP contribution >= 0.6 is 15.9 Å². The molecule has 3 rings (SSSR count). The van der Waals surface area contributed by atoms with Gasteiger partial charge in [0.15, 0.2) is 6.29 Å². The fourth-order valence-electron chi connectivity index (χ4n) is 2.93. The van der Waals surface area contributed by atoms with E-state index in [1.807, 2.05) is 13.0 Å². The lowest BCUT2D eigenvalue weighted by Gasteiger charge is -2.26. The summed E-state index contributed by atoms with van der Waals surface area (Å²) in [6, 6.07) is 2.31. The van der Waals surface area contributed by atoms with Crippen LogP contribution in [0.2, 0.25) is 0 Å². The van der Waals surface area contributed by atoms with Gasteiger partial charge in [0.1, 0.15) is 22.0 Å². The first-order valence-corrected chi connectivity index (χ1v) is 8.66. The van der Waals surface area contributed by atoms with Crippen molar-refractivity contribution in [2.24, 2.45) is 0 Å². The van der Waals surface area contributed by atoms with Crippen molar-refractivity contribution in [2.75, 3.05) is 6.61 Å². The maximum Gasteiger partial charge on any atom is 0.158 e. The molecule has 3 heterocycles. The fourth-order valence-corrected chi connectivity index (χ4v) is 3.25. The Morgan fingerprint density at radius 2 is 2.18 bits per heavy atom. The zero-order chi connectivity index (χ0) is 15.7. The fraction of sp³-hybridized carbons (Fsp3) is 0.625. The Balaban J connectivity index is 1.92. The Morgan fingerprint density at radius 3 is 2.86 bits per heavy atom. The zero-order valence-corrected chi connectivity index (χ0v) is 14.8. The Morgan fingerprint density at radius 1 is 1.36 bits per heavy atom. The number of ether oxygens (including phenoxy) is 2. The number of rotatable bonds is 4. The van der Waals surface area contributed by atoms with E-state index in [0.717, 1.165) is 47.3 Å². The van der Waals surface area contributed by atoms with Gasteiger partial charge in [0.05, 0.1) is 11.7 Å². The number of hydrogen-bond acceptors (Lipinski definition) is 4. The smallest absolute Gasteiger partial charge is 0.158 e. The molecule has 1 aliphatic heterocycles. The minimum Gasteiger partial charge on any atom is -0.353 e. The van der Waals surface area contributed by atoms with E-state index >= 15 is 0 Å². The largest absolute Gasteiger partial charge is 0.353 e. The van der Waals surface area contributed by atoms with Crippen molar-refractivity contribution in [2.45, 2.75) is 58.5 Å². The molecule has 1 fully saturated rings. The quantitative estimate of drug-likeness (QED) is 0.752. The lowest BCUT2D eigenvalue weighted by molar-refractivity contribution is -0.188. The van der Waals surface area contributed by atoms with Crippen LogP contribution in [-0.4, -0.2) is 27.4 Å². The van der Waals surface area contributed by atoms with Gasteiger partial charge in [0, 0.05) is 12.6 Å². The first-order valence-electron chi connectivity index (χ1n) is 7.86. The normalized spacial score (nSPS) is 20.7. The van der Waals surface area contributed by atoms with Gasteiger partial charge in [0.25, 0.3) is 0 Å². The maximum absolute atomic E-state index is 6.09. The Kier molecular flexibility index (Phi) is 4.80. The Labute approximate surface area is 139 Å².